The van der Waals surface area contributed by atoms with Crippen molar-refractivity contribution in [3.8, 4) is 28.7 Å². The van der Waals surface area contributed by atoms with Crippen molar-refractivity contribution in [3.05, 3.63) is 72.0 Å². The van der Waals surface area contributed by atoms with Crippen LogP contribution in [0.15, 0.2) is 65.3 Å². The number of amides is 1. The number of carbonyl (C=O) groups is 1. The highest BCUT2D eigenvalue weighted by atomic mass is 16.5. The van der Waals surface area contributed by atoms with Crippen LogP contribution in [-0.2, 0) is 6.54 Å². The van der Waals surface area contributed by atoms with E-state index in [0.29, 0.717) is 39.8 Å². The maximum absolute atomic E-state index is 13.2. The molecule has 0 unspecified atom stereocenters. The summed E-state index contributed by atoms with van der Waals surface area (Å²) < 4.78 is 21.6. The Morgan fingerprint density at radius 2 is 1.68 bits per heavy atom. The van der Waals surface area contributed by atoms with Crippen molar-refractivity contribution in [1.82, 2.24) is 10.3 Å². The Labute approximate surface area is 179 Å². The Morgan fingerprint density at radius 1 is 0.935 bits per heavy atom. The fourth-order valence-corrected chi connectivity index (χ4v) is 3.42. The van der Waals surface area contributed by atoms with Gasteiger partial charge in [0, 0.05) is 23.6 Å². The lowest BCUT2D eigenvalue weighted by Crippen LogP contribution is -2.23. The van der Waals surface area contributed by atoms with E-state index in [1.54, 1.807) is 51.9 Å². The fourth-order valence-electron chi connectivity index (χ4n) is 3.42. The molecule has 0 radical (unpaired) electrons. The molecule has 2 heterocycles. The van der Waals surface area contributed by atoms with Crippen molar-refractivity contribution in [2.45, 2.75) is 6.54 Å². The molecule has 1 amide bonds. The van der Waals surface area contributed by atoms with E-state index in [1.165, 1.54) is 0 Å². The number of carbonyl (C=O) groups excluding carboxylic acids is 1. The lowest BCUT2D eigenvalue weighted by molar-refractivity contribution is 0.0952. The molecule has 0 saturated carbocycles. The van der Waals surface area contributed by atoms with Crippen LogP contribution in [0.3, 0.4) is 0 Å². The summed E-state index contributed by atoms with van der Waals surface area (Å²) >= 11 is 0. The minimum atomic E-state index is -0.233. The maximum atomic E-state index is 13.2. The predicted octanol–water partition coefficient (Wildman–Crippen LogP) is 4.45. The van der Waals surface area contributed by atoms with Crippen molar-refractivity contribution in [1.29, 1.82) is 0 Å². The summed E-state index contributed by atoms with van der Waals surface area (Å²) in [4.78, 5) is 17.8. The number of benzene rings is 2. The van der Waals surface area contributed by atoms with Crippen molar-refractivity contribution < 1.29 is 23.4 Å². The lowest BCUT2D eigenvalue weighted by Gasteiger charge is -2.15. The van der Waals surface area contributed by atoms with Crippen LogP contribution in [0.1, 0.15) is 15.9 Å². The zero-order chi connectivity index (χ0) is 21.8. The van der Waals surface area contributed by atoms with Gasteiger partial charge in [0.05, 0.1) is 38.7 Å². The largest absolute Gasteiger partial charge is 0.496 e. The molecule has 158 valence electrons. The van der Waals surface area contributed by atoms with Crippen LogP contribution >= 0.6 is 0 Å². The summed E-state index contributed by atoms with van der Waals surface area (Å²) in [6.45, 7) is 0.245. The second-order valence-corrected chi connectivity index (χ2v) is 6.75. The maximum Gasteiger partial charge on any atom is 0.252 e. The highest BCUT2D eigenvalue weighted by Gasteiger charge is 2.17. The van der Waals surface area contributed by atoms with Gasteiger partial charge in [-0.05, 0) is 30.3 Å². The third kappa shape index (κ3) is 4.02. The number of furan rings is 1. The quantitative estimate of drug-likeness (QED) is 0.477. The minimum absolute atomic E-state index is 0.233. The molecule has 7 nitrogen and oxygen atoms in total. The predicted molar refractivity (Wildman–Crippen MR) is 117 cm³/mol. The van der Waals surface area contributed by atoms with Crippen molar-refractivity contribution in [2.75, 3.05) is 21.3 Å². The van der Waals surface area contributed by atoms with Gasteiger partial charge in [0.25, 0.3) is 5.91 Å². The van der Waals surface area contributed by atoms with Gasteiger partial charge < -0.3 is 23.9 Å². The number of hydrogen-bond donors (Lipinski definition) is 1. The zero-order valence-electron chi connectivity index (χ0n) is 17.5. The van der Waals surface area contributed by atoms with Gasteiger partial charge in [-0.1, -0.05) is 18.2 Å². The molecule has 7 heteroatoms. The first-order valence-corrected chi connectivity index (χ1v) is 9.65. The van der Waals surface area contributed by atoms with Gasteiger partial charge in [-0.2, -0.15) is 0 Å². The molecular weight excluding hydrogens is 396 g/mol. The first-order chi connectivity index (χ1) is 15.1. The number of ether oxygens (including phenoxy) is 3. The fraction of sp³-hybridized carbons (Fsp3) is 0.167. The summed E-state index contributed by atoms with van der Waals surface area (Å²) in [5, 5.41) is 3.73. The van der Waals surface area contributed by atoms with Crippen molar-refractivity contribution in [3.63, 3.8) is 0 Å². The third-order valence-corrected chi connectivity index (χ3v) is 4.96. The molecule has 0 saturated heterocycles. The summed E-state index contributed by atoms with van der Waals surface area (Å²) in [5.41, 5.74) is 2.58. The number of methoxy groups -OCH3 is 3. The molecule has 4 rings (SSSR count). The molecule has 2 aromatic heterocycles. The summed E-state index contributed by atoms with van der Waals surface area (Å²) in [7, 11) is 4.69. The number of aromatic nitrogens is 1. The molecule has 0 fully saturated rings. The summed E-state index contributed by atoms with van der Waals surface area (Å²) in [6.07, 6.45) is 1.58. The number of pyridine rings is 1. The van der Waals surface area contributed by atoms with Crippen molar-refractivity contribution >= 4 is 16.8 Å². The van der Waals surface area contributed by atoms with Crippen LogP contribution in [0.25, 0.3) is 22.4 Å². The molecule has 1 N–H and O–H groups in total. The Bertz CT molecular complexity index is 1220. The molecule has 31 heavy (non-hydrogen) atoms. The van der Waals surface area contributed by atoms with Crippen LogP contribution in [0, 0.1) is 0 Å². The van der Waals surface area contributed by atoms with Gasteiger partial charge in [-0.25, -0.2) is 4.98 Å². The topological polar surface area (TPSA) is 82.8 Å². The molecule has 4 aromatic rings. The van der Waals surface area contributed by atoms with E-state index in [9.17, 15) is 4.79 Å². The second kappa shape index (κ2) is 8.79. The molecule has 2 aromatic carbocycles. The average molecular weight is 418 g/mol. The van der Waals surface area contributed by atoms with E-state index in [-0.39, 0.29) is 12.5 Å². The number of hydrogen-bond acceptors (Lipinski definition) is 6. The highest BCUT2D eigenvalue weighted by molar-refractivity contribution is 6.07. The van der Waals surface area contributed by atoms with Gasteiger partial charge in [0.15, 0.2) is 17.3 Å². The normalized spacial score (nSPS) is 10.7. The van der Waals surface area contributed by atoms with Crippen LogP contribution in [0.4, 0.5) is 0 Å². The zero-order valence-corrected chi connectivity index (χ0v) is 17.5. The van der Waals surface area contributed by atoms with Crippen LogP contribution in [0.5, 0.6) is 17.2 Å². The number of fused-ring (bicyclic) bond motifs is 1. The summed E-state index contributed by atoms with van der Waals surface area (Å²) in [6, 6.07) is 16.4. The van der Waals surface area contributed by atoms with Gasteiger partial charge in [0.1, 0.15) is 11.4 Å². The molecule has 0 atom stereocenters. The van der Waals surface area contributed by atoms with Gasteiger partial charge >= 0.3 is 0 Å². The van der Waals surface area contributed by atoms with E-state index in [1.807, 2.05) is 30.3 Å². The van der Waals surface area contributed by atoms with Gasteiger partial charge in [-0.3, -0.25) is 4.79 Å². The van der Waals surface area contributed by atoms with E-state index >= 15 is 0 Å². The molecular formula is C24H22N2O5. The number of para-hydroxylation sites is 1. The molecule has 0 aliphatic heterocycles. The van der Waals surface area contributed by atoms with Gasteiger partial charge in [-0.15, -0.1) is 0 Å². The minimum Gasteiger partial charge on any atom is -0.496 e. The summed E-state index contributed by atoms with van der Waals surface area (Å²) in [5.74, 6) is 2.07. The van der Waals surface area contributed by atoms with Crippen LogP contribution in [0.2, 0.25) is 0 Å². The number of rotatable bonds is 7. The Kier molecular flexibility index (Phi) is 5.75. The first-order valence-electron chi connectivity index (χ1n) is 9.65. The molecule has 0 aliphatic rings. The first kappa shape index (κ1) is 20.3. The van der Waals surface area contributed by atoms with Crippen LogP contribution in [-0.4, -0.2) is 32.2 Å². The Morgan fingerprint density at radius 3 is 2.39 bits per heavy atom. The van der Waals surface area contributed by atoms with Crippen molar-refractivity contribution in [2.24, 2.45) is 0 Å². The average Bonchev–Trinajstić information content (AvgIpc) is 3.36. The smallest absolute Gasteiger partial charge is 0.252 e. The van der Waals surface area contributed by atoms with E-state index < -0.39 is 0 Å². The van der Waals surface area contributed by atoms with Crippen LogP contribution < -0.4 is 19.5 Å². The standard InChI is InChI=1S/C24H22N2O5/c1-28-21-13-23(30-3)22(29-2)11-15(21)14-25-24(27)17-12-19(20-9-6-10-31-20)26-18-8-5-4-7-16(17)18/h4-13H,14H2,1-3H3,(H,25,27). The lowest BCUT2D eigenvalue weighted by atomic mass is 10.1. The van der Waals surface area contributed by atoms with Gasteiger partial charge in [0.2, 0.25) is 0 Å². The van der Waals surface area contributed by atoms with E-state index in [0.717, 1.165) is 10.9 Å². The number of nitrogens with one attached hydrogen (secondary N) is 1. The molecule has 0 spiro atoms. The van der Waals surface area contributed by atoms with E-state index in [2.05, 4.69) is 10.3 Å². The Balaban J connectivity index is 1.67. The SMILES string of the molecule is COc1cc(OC)c(OC)cc1CNC(=O)c1cc(-c2ccco2)nc2ccccc12. The second-order valence-electron chi connectivity index (χ2n) is 6.75. The van der Waals surface area contributed by atoms with E-state index in [4.69, 9.17) is 18.6 Å². The molecule has 0 aliphatic carbocycles. The molecule has 0 bridgehead atoms. The monoisotopic (exact) mass is 418 g/mol. The Hall–Kier alpha value is -4.00. The number of nitrogens with zero attached hydrogens (tertiary/aromatic N) is 1. The highest BCUT2D eigenvalue weighted by Crippen LogP contribution is 2.34. The third-order valence-electron chi connectivity index (χ3n) is 4.96.